The first kappa shape index (κ1) is 17.2. The molecule has 3 rings (SSSR count). The van der Waals surface area contributed by atoms with Crippen LogP contribution in [0.15, 0.2) is 12.1 Å². The molecule has 0 aliphatic heterocycles. The molecule has 0 bridgehead atoms. The van der Waals surface area contributed by atoms with Crippen LogP contribution >= 0.6 is 0 Å². The number of nitrogens with zero attached hydrogens (tertiary/aromatic N) is 1. The molecular weight excluding hydrogens is 321 g/mol. The molecule has 0 amide bonds. The lowest BCUT2D eigenvalue weighted by atomic mass is 9.85. The van der Waals surface area contributed by atoms with Gasteiger partial charge in [0.25, 0.3) is 0 Å². The largest absolute Gasteiger partial charge is 0.480 e. The van der Waals surface area contributed by atoms with Gasteiger partial charge >= 0.3 is 5.97 Å². The first-order valence-corrected chi connectivity index (χ1v) is 8.25. The van der Waals surface area contributed by atoms with Crippen LogP contribution in [-0.2, 0) is 11.3 Å². The molecule has 0 heterocycles. The van der Waals surface area contributed by atoms with Crippen molar-refractivity contribution in [1.29, 1.82) is 0 Å². The quantitative estimate of drug-likeness (QED) is 0.713. The maximum atomic E-state index is 13.2. The van der Waals surface area contributed by atoms with Crippen molar-refractivity contribution in [2.45, 2.75) is 44.3 Å². The second-order valence-corrected chi connectivity index (χ2v) is 6.84. The van der Waals surface area contributed by atoms with Gasteiger partial charge < -0.3 is 10.4 Å². The number of carboxylic acids is 1. The van der Waals surface area contributed by atoms with E-state index in [0.717, 1.165) is 31.5 Å². The van der Waals surface area contributed by atoms with E-state index in [-0.39, 0.29) is 25.2 Å². The van der Waals surface area contributed by atoms with Crippen molar-refractivity contribution in [3.8, 4) is 0 Å². The lowest BCUT2D eigenvalue weighted by molar-refractivity contribution is -0.139. The van der Waals surface area contributed by atoms with E-state index in [2.05, 4.69) is 5.32 Å². The van der Waals surface area contributed by atoms with Crippen LogP contribution < -0.4 is 5.32 Å². The Bertz CT molecular complexity index is 593. The zero-order chi connectivity index (χ0) is 17.3. The second-order valence-electron chi connectivity index (χ2n) is 6.84. The topological polar surface area (TPSA) is 52.6 Å². The van der Waals surface area contributed by atoms with Crippen LogP contribution in [-0.4, -0.2) is 41.1 Å². The zero-order valence-corrected chi connectivity index (χ0v) is 13.3. The fourth-order valence-corrected chi connectivity index (χ4v) is 3.17. The SMILES string of the molecule is O=C(O)CN(CC1CC1)C1CC(NCc2cc(F)c(F)c(F)c2)C1. The van der Waals surface area contributed by atoms with Gasteiger partial charge in [0.1, 0.15) is 0 Å². The first-order chi connectivity index (χ1) is 11.4. The Balaban J connectivity index is 1.46. The predicted octanol–water partition coefficient (Wildman–Crippen LogP) is 2.52. The molecule has 2 aliphatic carbocycles. The zero-order valence-electron chi connectivity index (χ0n) is 13.3. The Morgan fingerprint density at radius 1 is 1.21 bits per heavy atom. The van der Waals surface area contributed by atoms with E-state index in [1.54, 1.807) is 0 Å². The minimum absolute atomic E-state index is 0.0578. The molecule has 132 valence electrons. The van der Waals surface area contributed by atoms with Crippen molar-refractivity contribution in [3.05, 3.63) is 35.1 Å². The number of rotatable bonds is 8. The van der Waals surface area contributed by atoms with E-state index in [4.69, 9.17) is 5.11 Å². The second kappa shape index (κ2) is 7.11. The smallest absolute Gasteiger partial charge is 0.317 e. The summed E-state index contributed by atoms with van der Waals surface area (Å²) in [4.78, 5) is 13.0. The molecule has 2 saturated carbocycles. The van der Waals surface area contributed by atoms with E-state index >= 15 is 0 Å². The fourth-order valence-electron chi connectivity index (χ4n) is 3.17. The van der Waals surface area contributed by atoms with Gasteiger partial charge in [0.2, 0.25) is 0 Å². The Hall–Kier alpha value is -1.60. The van der Waals surface area contributed by atoms with Crippen LogP contribution in [0.4, 0.5) is 13.2 Å². The van der Waals surface area contributed by atoms with Gasteiger partial charge in [-0.3, -0.25) is 9.69 Å². The number of hydrogen-bond donors (Lipinski definition) is 2. The van der Waals surface area contributed by atoms with E-state index in [9.17, 15) is 18.0 Å². The van der Waals surface area contributed by atoms with E-state index in [1.165, 1.54) is 12.8 Å². The highest BCUT2D eigenvalue weighted by molar-refractivity contribution is 5.69. The summed E-state index contributed by atoms with van der Waals surface area (Å²) in [7, 11) is 0. The van der Waals surface area contributed by atoms with E-state index in [1.807, 2.05) is 4.90 Å². The average molecular weight is 342 g/mol. The summed E-state index contributed by atoms with van der Waals surface area (Å²) in [6, 6.07) is 2.40. The summed E-state index contributed by atoms with van der Waals surface area (Å²) >= 11 is 0. The van der Waals surface area contributed by atoms with Crippen LogP contribution in [0.2, 0.25) is 0 Å². The third-order valence-electron chi connectivity index (χ3n) is 4.80. The van der Waals surface area contributed by atoms with Crippen LogP contribution in [0, 0.1) is 23.4 Å². The predicted molar refractivity (Wildman–Crippen MR) is 81.9 cm³/mol. The van der Waals surface area contributed by atoms with Gasteiger partial charge in [-0.25, -0.2) is 13.2 Å². The normalized spacial score (nSPS) is 23.3. The van der Waals surface area contributed by atoms with Crippen molar-refractivity contribution >= 4 is 5.97 Å². The van der Waals surface area contributed by atoms with Gasteiger partial charge in [0.05, 0.1) is 6.54 Å². The van der Waals surface area contributed by atoms with E-state index in [0.29, 0.717) is 11.5 Å². The first-order valence-electron chi connectivity index (χ1n) is 8.25. The number of benzene rings is 1. The molecule has 1 aromatic carbocycles. The molecule has 2 N–H and O–H groups in total. The molecule has 0 aromatic heterocycles. The number of halogens is 3. The average Bonchev–Trinajstić information content (AvgIpc) is 3.26. The van der Waals surface area contributed by atoms with Crippen molar-refractivity contribution < 1.29 is 23.1 Å². The van der Waals surface area contributed by atoms with Crippen LogP contribution in [0.5, 0.6) is 0 Å². The number of hydrogen-bond acceptors (Lipinski definition) is 3. The Kier molecular flexibility index (Phi) is 5.10. The summed E-state index contributed by atoms with van der Waals surface area (Å²) in [5, 5.41) is 12.2. The van der Waals surface area contributed by atoms with Crippen LogP contribution in [0.3, 0.4) is 0 Å². The third-order valence-corrected chi connectivity index (χ3v) is 4.80. The maximum Gasteiger partial charge on any atom is 0.317 e. The molecule has 0 saturated heterocycles. The molecule has 2 fully saturated rings. The van der Waals surface area contributed by atoms with Gasteiger partial charge in [0, 0.05) is 25.2 Å². The molecule has 2 aliphatic rings. The Morgan fingerprint density at radius 3 is 2.38 bits per heavy atom. The highest BCUT2D eigenvalue weighted by Crippen LogP contribution is 2.33. The maximum absolute atomic E-state index is 13.2. The van der Waals surface area contributed by atoms with Gasteiger partial charge in [-0.2, -0.15) is 0 Å². The van der Waals surface area contributed by atoms with E-state index < -0.39 is 23.4 Å². The van der Waals surface area contributed by atoms with Gasteiger partial charge in [0.15, 0.2) is 17.5 Å². The van der Waals surface area contributed by atoms with Crippen molar-refractivity contribution in [2.75, 3.05) is 13.1 Å². The molecule has 24 heavy (non-hydrogen) atoms. The van der Waals surface area contributed by atoms with Gasteiger partial charge in [-0.15, -0.1) is 0 Å². The highest BCUT2D eigenvalue weighted by Gasteiger charge is 2.36. The Labute approximate surface area is 138 Å². The molecule has 4 nitrogen and oxygen atoms in total. The molecule has 0 spiro atoms. The molecule has 7 heteroatoms. The summed E-state index contributed by atoms with van der Waals surface area (Å²) in [5.41, 5.74) is 0.357. The highest BCUT2D eigenvalue weighted by atomic mass is 19.2. The molecule has 0 atom stereocenters. The standard InChI is InChI=1S/C17H21F3N2O2/c18-14-3-11(4-15(19)17(14)20)7-21-12-5-13(6-12)22(9-16(23)24)8-10-1-2-10/h3-4,10,12-13,21H,1-2,5-9H2,(H,23,24). The number of carbonyl (C=O) groups is 1. The lowest BCUT2D eigenvalue weighted by Gasteiger charge is -2.43. The molecule has 0 unspecified atom stereocenters. The summed E-state index contributed by atoms with van der Waals surface area (Å²) < 4.78 is 39.3. The summed E-state index contributed by atoms with van der Waals surface area (Å²) in [6.07, 6.45) is 3.97. The van der Waals surface area contributed by atoms with Gasteiger partial charge in [-0.1, -0.05) is 0 Å². The van der Waals surface area contributed by atoms with Crippen LogP contribution in [0.25, 0.3) is 0 Å². The molecular formula is C17H21F3N2O2. The van der Waals surface area contributed by atoms with Crippen molar-refractivity contribution in [1.82, 2.24) is 10.2 Å². The van der Waals surface area contributed by atoms with Crippen molar-refractivity contribution in [3.63, 3.8) is 0 Å². The fraction of sp³-hybridized carbons (Fsp3) is 0.588. The van der Waals surface area contributed by atoms with Crippen molar-refractivity contribution in [2.24, 2.45) is 5.92 Å². The molecule has 1 aromatic rings. The number of nitrogens with one attached hydrogen (secondary N) is 1. The van der Waals surface area contributed by atoms with Crippen LogP contribution in [0.1, 0.15) is 31.2 Å². The molecule has 0 radical (unpaired) electrons. The number of carboxylic acid groups (broad SMARTS) is 1. The minimum Gasteiger partial charge on any atom is -0.480 e. The lowest BCUT2D eigenvalue weighted by Crippen LogP contribution is -2.54. The summed E-state index contributed by atoms with van der Waals surface area (Å²) in [5.74, 6) is -4.01. The summed E-state index contributed by atoms with van der Waals surface area (Å²) in [6.45, 7) is 1.15. The number of aliphatic carboxylic acids is 1. The van der Waals surface area contributed by atoms with Gasteiger partial charge in [-0.05, 0) is 49.3 Å². The third kappa shape index (κ3) is 4.27. The Morgan fingerprint density at radius 2 is 1.83 bits per heavy atom. The monoisotopic (exact) mass is 342 g/mol. The minimum atomic E-state index is -1.45.